The van der Waals surface area contributed by atoms with Gasteiger partial charge < -0.3 is 5.32 Å². The molecule has 1 aliphatic rings. The Morgan fingerprint density at radius 1 is 1.53 bits per heavy atom. The third-order valence-electron chi connectivity index (χ3n) is 3.20. The van der Waals surface area contributed by atoms with Gasteiger partial charge in [-0.25, -0.2) is 4.98 Å². The Labute approximate surface area is 113 Å². The number of aromatic nitrogens is 1. The third-order valence-corrected chi connectivity index (χ3v) is 5.08. The Bertz CT molecular complexity index is 349. The van der Waals surface area contributed by atoms with Crippen LogP contribution in [0.1, 0.15) is 47.7 Å². The van der Waals surface area contributed by atoms with E-state index in [9.17, 15) is 0 Å². The van der Waals surface area contributed by atoms with Crippen LogP contribution in [0, 0.1) is 0 Å². The molecule has 2 nitrogen and oxygen atoms in total. The standard InChI is InChI=1S/C13H22N2S2/c1-3-7-14-8-10-5-4-6-11-13(10)15-12(17-11)9-16-2/h10,14H,3-9H2,1-2H3. The Kier molecular flexibility index (Phi) is 5.32. The van der Waals surface area contributed by atoms with Crippen molar-refractivity contribution in [3.05, 3.63) is 15.6 Å². The van der Waals surface area contributed by atoms with Gasteiger partial charge >= 0.3 is 0 Å². The minimum Gasteiger partial charge on any atom is -0.316 e. The summed E-state index contributed by atoms with van der Waals surface area (Å²) in [6.07, 6.45) is 7.28. The molecule has 0 bridgehead atoms. The molecule has 0 saturated heterocycles. The number of hydrogen-bond donors (Lipinski definition) is 1. The predicted octanol–water partition coefficient (Wildman–Crippen LogP) is 3.43. The lowest BCUT2D eigenvalue weighted by molar-refractivity contribution is 0.501. The van der Waals surface area contributed by atoms with Crippen LogP contribution in [-0.4, -0.2) is 24.3 Å². The number of rotatable bonds is 6. The summed E-state index contributed by atoms with van der Waals surface area (Å²) in [6, 6.07) is 0. The SMILES string of the molecule is CCCNCC1CCCc2sc(CSC)nc21. The van der Waals surface area contributed by atoms with Crippen molar-refractivity contribution in [2.24, 2.45) is 0 Å². The minimum atomic E-state index is 0.664. The van der Waals surface area contributed by atoms with Crippen molar-refractivity contribution < 1.29 is 0 Å². The van der Waals surface area contributed by atoms with Gasteiger partial charge in [-0.3, -0.25) is 0 Å². The molecule has 1 atom stereocenters. The number of thioether (sulfide) groups is 1. The summed E-state index contributed by atoms with van der Waals surface area (Å²) < 4.78 is 0. The average molecular weight is 270 g/mol. The molecule has 0 aliphatic heterocycles. The predicted molar refractivity (Wildman–Crippen MR) is 78.2 cm³/mol. The van der Waals surface area contributed by atoms with Crippen LogP contribution < -0.4 is 5.32 Å². The molecule has 1 aliphatic carbocycles. The van der Waals surface area contributed by atoms with Crippen LogP contribution in [0.5, 0.6) is 0 Å². The monoisotopic (exact) mass is 270 g/mol. The third kappa shape index (κ3) is 3.46. The number of nitrogens with zero attached hydrogens (tertiary/aromatic N) is 1. The molecule has 0 fully saturated rings. The highest BCUT2D eigenvalue weighted by atomic mass is 32.2. The first kappa shape index (κ1) is 13.4. The molecule has 17 heavy (non-hydrogen) atoms. The normalized spacial score (nSPS) is 19.3. The van der Waals surface area contributed by atoms with E-state index in [1.807, 2.05) is 23.1 Å². The largest absolute Gasteiger partial charge is 0.316 e. The van der Waals surface area contributed by atoms with Gasteiger partial charge in [0.25, 0.3) is 0 Å². The van der Waals surface area contributed by atoms with E-state index in [1.165, 1.54) is 36.4 Å². The first-order chi connectivity index (χ1) is 8.35. The maximum Gasteiger partial charge on any atom is 0.103 e. The van der Waals surface area contributed by atoms with Crippen LogP contribution in [0.3, 0.4) is 0 Å². The fourth-order valence-corrected chi connectivity index (χ4v) is 4.29. The van der Waals surface area contributed by atoms with Gasteiger partial charge in [-0.05, 0) is 38.5 Å². The summed E-state index contributed by atoms with van der Waals surface area (Å²) in [6.45, 7) is 4.47. The van der Waals surface area contributed by atoms with Gasteiger partial charge in [0.1, 0.15) is 5.01 Å². The van der Waals surface area contributed by atoms with Gasteiger partial charge in [-0.1, -0.05) is 6.92 Å². The molecule has 1 heterocycles. The van der Waals surface area contributed by atoms with Crippen molar-refractivity contribution in [1.82, 2.24) is 10.3 Å². The number of hydrogen-bond acceptors (Lipinski definition) is 4. The van der Waals surface area contributed by atoms with Gasteiger partial charge in [0.05, 0.1) is 5.69 Å². The first-order valence-corrected chi connectivity index (χ1v) is 8.74. The second-order valence-corrected chi connectivity index (χ2v) is 6.68. The molecule has 2 rings (SSSR count). The van der Waals surface area contributed by atoms with Crippen molar-refractivity contribution in [2.45, 2.75) is 44.3 Å². The molecule has 96 valence electrons. The van der Waals surface area contributed by atoms with E-state index in [2.05, 4.69) is 18.5 Å². The highest BCUT2D eigenvalue weighted by molar-refractivity contribution is 7.97. The molecule has 1 aromatic heterocycles. The van der Waals surface area contributed by atoms with Crippen molar-refractivity contribution in [3.63, 3.8) is 0 Å². The van der Waals surface area contributed by atoms with Gasteiger partial charge in [0.2, 0.25) is 0 Å². The summed E-state index contributed by atoms with van der Waals surface area (Å²) in [5, 5.41) is 4.87. The molecule has 0 spiro atoms. The molecule has 1 unspecified atom stereocenters. The molecule has 4 heteroatoms. The number of fused-ring (bicyclic) bond motifs is 1. The summed E-state index contributed by atoms with van der Waals surface area (Å²) in [7, 11) is 0. The summed E-state index contributed by atoms with van der Waals surface area (Å²) in [4.78, 5) is 6.42. The van der Waals surface area contributed by atoms with E-state index >= 15 is 0 Å². The van der Waals surface area contributed by atoms with E-state index < -0.39 is 0 Å². The second kappa shape index (κ2) is 6.76. The molecule has 0 radical (unpaired) electrons. The van der Waals surface area contributed by atoms with Crippen LogP contribution in [0.15, 0.2) is 0 Å². The summed E-state index contributed by atoms with van der Waals surface area (Å²) >= 11 is 3.82. The van der Waals surface area contributed by atoms with Gasteiger partial charge in [-0.2, -0.15) is 11.8 Å². The fourth-order valence-electron chi connectivity index (χ4n) is 2.39. The lowest BCUT2D eigenvalue weighted by Gasteiger charge is -2.21. The molecular weight excluding hydrogens is 248 g/mol. The molecule has 1 aromatic rings. The Hall–Kier alpha value is -0.0600. The number of aryl methyl sites for hydroxylation is 1. The quantitative estimate of drug-likeness (QED) is 0.802. The van der Waals surface area contributed by atoms with Crippen molar-refractivity contribution >= 4 is 23.1 Å². The highest BCUT2D eigenvalue weighted by Crippen LogP contribution is 2.35. The number of thiazole rings is 1. The van der Waals surface area contributed by atoms with E-state index in [-0.39, 0.29) is 0 Å². The molecule has 1 N–H and O–H groups in total. The smallest absolute Gasteiger partial charge is 0.103 e. The Balaban J connectivity index is 2.02. The van der Waals surface area contributed by atoms with E-state index in [0.29, 0.717) is 5.92 Å². The lowest BCUT2D eigenvalue weighted by Crippen LogP contribution is -2.24. The maximum atomic E-state index is 4.86. The summed E-state index contributed by atoms with van der Waals surface area (Å²) in [5.74, 6) is 1.74. The van der Waals surface area contributed by atoms with Gasteiger partial charge in [0.15, 0.2) is 0 Å². The van der Waals surface area contributed by atoms with Crippen molar-refractivity contribution in [3.8, 4) is 0 Å². The first-order valence-electron chi connectivity index (χ1n) is 6.53. The van der Waals surface area contributed by atoms with Crippen LogP contribution in [0.4, 0.5) is 0 Å². The molecular formula is C13H22N2S2. The topological polar surface area (TPSA) is 24.9 Å². The molecule has 0 amide bonds. The van der Waals surface area contributed by atoms with Gasteiger partial charge in [-0.15, -0.1) is 11.3 Å². The minimum absolute atomic E-state index is 0.664. The molecule has 0 aromatic carbocycles. The highest BCUT2D eigenvalue weighted by Gasteiger charge is 2.24. The Morgan fingerprint density at radius 3 is 3.18 bits per heavy atom. The summed E-state index contributed by atoms with van der Waals surface area (Å²) in [5.41, 5.74) is 1.41. The van der Waals surface area contributed by atoms with Crippen LogP contribution >= 0.6 is 23.1 Å². The Morgan fingerprint density at radius 2 is 2.41 bits per heavy atom. The van der Waals surface area contributed by atoms with Crippen molar-refractivity contribution in [1.29, 1.82) is 0 Å². The maximum absolute atomic E-state index is 4.86. The molecule has 0 saturated carbocycles. The van der Waals surface area contributed by atoms with E-state index in [4.69, 9.17) is 4.98 Å². The van der Waals surface area contributed by atoms with Crippen molar-refractivity contribution in [2.75, 3.05) is 19.3 Å². The van der Waals surface area contributed by atoms with Gasteiger partial charge in [0, 0.05) is 23.1 Å². The van der Waals surface area contributed by atoms with Crippen LogP contribution in [-0.2, 0) is 12.2 Å². The average Bonchev–Trinajstić information content (AvgIpc) is 2.73. The zero-order valence-electron chi connectivity index (χ0n) is 10.8. The zero-order valence-corrected chi connectivity index (χ0v) is 12.4. The second-order valence-electron chi connectivity index (χ2n) is 4.64. The van der Waals surface area contributed by atoms with Crippen LogP contribution in [0.25, 0.3) is 0 Å². The lowest BCUT2D eigenvalue weighted by atomic mass is 9.91. The number of nitrogens with one attached hydrogen (secondary N) is 1. The van der Waals surface area contributed by atoms with Crippen LogP contribution in [0.2, 0.25) is 0 Å². The fraction of sp³-hybridized carbons (Fsp3) is 0.769. The van der Waals surface area contributed by atoms with E-state index in [1.54, 1.807) is 4.88 Å². The zero-order chi connectivity index (χ0) is 12.1. The van der Waals surface area contributed by atoms with E-state index in [0.717, 1.165) is 18.8 Å².